The van der Waals surface area contributed by atoms with E-state index in [1.807, 2.05) is 0 Å². The lowest BCUT2D eigenvalue weighted by atomic mass is 10.1. The van der Waals surface area contributed by atoms with Crippen LogP contribution in [0.1, 0.15) is 15.2 Å². The lowest BCUT2D eigenvalue weighted by Crippen LogP contribution is -2.05. The monoisotopic (exact) mass is 257 g/mol. The molecule has 1 heterocycles. The maximum atomic E-state index is 12.9. The third-order valence-corrected chi connectivity index (χ3v) is 2.90. The molecule has 0 saturated carbocycles. The number of Topliss-reactive ketones (excluding diaryl/α,β-unsaturated/α-hetero) is 1. The fraction of sp³-hybridized carbons (Fsp3) is 0.0909. The summed E-state index contributed by atoms with van der Waals surface area (Å²) in [5.74, 6) is -4.78. The molecule has 6 heteroatoms. The van der Waals surface area contributed by atoms with Crippen molar-refractivity contribution in [2.45, 2.75) is 6.42 Å². The highest BCUT2D eigenvalue weighted by Gasteiger charge is 2.15. The smallest absolute Gasteiger partial charge is 0.194 e. The van der Waals surface area contributed by atoms with Gasteiger partial charge in [0.25, 0.3) is 0 Å². The van der Waals surface area contributed by atoms with Crippen molar-refractivity contribution in [2.24, 2.45) is 0 Å². The van der Waals surface area contributed by atoms with E-state index in [1.165, 1.54) is 17.5 Å². The number of rotatable bonds is 3. The minimum atomic E-state index is -1.57. The highest BCUT2D eigenvalue weighted by molar-refractivity contribution is 7.09. The van der Waals surface area contributed by atoms with Crippen LogP contribution >= 0.6 is 11.3 Å². The van der Waals surface area contributed by atoms with E-state index in [4.69, 9.17) is 0 Å². The quantitative estimate of drug-likeness (QED) is 0.625. The number of aromatic nitrogens is 1. The average Bonchev–Trinajstić information content (AvgIpc) is 2.77. The molecule has 0 aliphatic heterocycles. The third kappa shape index (κ3) is 2.52. The Bertz CT molecular complexity index is 531. The maximum Gasteiger partial charge on any atom is 0.194 e. The number of benzene rings is 1. The Hall–Kier alpha value is -1.69. The minimum absolute atomic E-state index is 0.00478. The normalized spacial score (nSPS) is 10.5. The molecule has 1 aromatic carbocycles. The molecule has 0 fully saturated rings. The van der Waals surface area contributed by atoms with Crippen molar-refractivity contribution < 1.29 is 18.0 Å². The zero-order chi connectivity index (χ0) is 12.4. The molecule has 0 unspecified atom stereocenters. The van der Waals surface area contributed by atoms with Crippen molar-refractivity contribution in [3.05, 3.63) is 51.7 Å². The average molecular weight is 257 g/mol. The molecule has 2 aromatic rings. The van der Waals surface area contributed by atoms with E-state index in [9.17, 15) is 18.0 Å². The van der Waals surface area contributed by atoms with Gasteiger partial charge in [-0.25, -0.2) is 13.2 Å². The van der Waals surface area contributed by atoms with Crippen LogP contribution in [0, 0.1) is 17.5 Å². The van der Waals surface area contributed by atoms with Crippen LogP contribution in [-0.2, 0) is 6.42 Å². The van der Waals surface area contributed by atoms with E-state index in [-0.39, 0.29) is 12.0 Å². The number of halogens is 3. The van der Waals surface area contributed by atoms with Crippen LogP contribution in [0.4, 0.5) is 13.2 Å². The summed E-state index contributed by atoms with van der Waals surface area (Å²) in [6.45, 7) is 0. The molecule has 0 spiro atoms. The molecular weight excluding hydrogens is 251 g/mol. The van der Waals surface area contributed by atoms with E-state index >= 15 is 0 Å². The molecule has 2 nitrogen and oxygen atoms in total. The molecule has 0 aliphatic carbocycles. The minimum Gasteiger partial charge on any atom is -0.294 e. The third-order valence-electron chi connectivity index (χ3n) is 2.12. The van der Waals surface area contributed by atoms with Gasteiger partial charge in [0.1, 0.15) is 0 Å². The van der Waals surface area contributed by atoms with Gasteiger partial charge in [-0.1, -0.05) is 0 Å². The van der Waals surface area contributed by atoms with Crippen LogP contribution in [0.15, 0.2) is 23.8 Å². The zero-order valence-corrected chi connectivity index (χ0v) is 9.23. The largest absolute Gasteiger partial charge is 0.294 e. The Labute approximate surface area is 98.7 Å². The van der Waals surface area contributed by atoms with Gasteiger partial charge in [-0.3, -0.25) is 9.78 Å². The molecular formula is C11H6F3NOS. The Morgan fingerprint density at radius 1 is 1.24 bits per heavy atom. The predicted octanol–water partition coefficient (Wildman–Crippen LogP) is 2.99. The SMILES string of the molecule is O=C(Cc1cncs1)c1cc(F)c(F)c(F)c1. The Morgan fingerprint density at radius 2 is 1.88 bits per heavy atom. The van der Waals surface area contributed by atoms with E-state index in [0.29, 0.717) is 17.0 Å². The summed E-state index contributed by atoms with van der Waals surface area (Å²) < 4.78 is 38.5. The van der Waals surface area contributed by atoms with Gasteiger partial charge in [0.05, 0.1) is 5.51 Å². The maximum absolute atomic E-state index is 12.9. The predicted molar refractivity (Wildman–Crippen MR) is 56.5 cm³/mol. The fourth-order valence-electron chi connectivity index (χ4n) is 1.31. The Morgan fingerprint density at radius 3 is 2.41 bits per heavy atom. The van der Waals surface area contributed by atoms with Crippen LogP contribution in [0.3, 0.4) is 0 Å². The summed E-state index contributed by atoms with van der Waals surface area (Å²) in [5, 5.41) is 0. The summed E-state index contributed by atoms with van der Waals surface area (Å²) in [6.07, 6.45) is 1.49. The number of hydrogen-bond acceptors (Lipinski definition) is 3. The second-order valence-electron chi connectivity index (χ2n) is 3.32. The molecule has 0 aliphatic rings. The Kier molecular flexibility index (Phi) is 3.23. The van der Waals surface area contributed by atoms with Gasteiger partial charge in [-0.05, 0) is 12.1 Å². The van der Waals surface area contributed by atoms with Crippen LogP contribution < -0.4 is 0 Å². The van der Waals surface area contributed by atoms with Crippen molar-refractivity contribution in [2.75, 3.05) is 0 Å². The van der Waals surface area contributed by atoms with Gasteiger partial charge in [0.15, 0.2) is 23.2 Å². The molecule has 2 rings (SSSR count). The summed E-state index contributed by atoms with van der Waals surface area (Å²) in [5.41, 5.74) is 1.36. The number of hydrogen-bond donors (Lipinski definition) is 0. The second kappa shape index (κ2) is 4.67. The van der Waals surface area contributed by atoms with Crippen LogP contribution in [-0.4, -0.2) is 10.8 Å². The van der Waals surface area contributed by atoms with Gasteiger partial charge >= 0.3 is 0 Å². The number of carbonyl (C=O) groups is 1. The van der Waals surface area contributed by atoms with Gasteiger partial charge in [0, 0.05) is 23.1 Å². The van der Waals surface area contributed by atoms with Crippen molar-refractivity contribution in [3.8, 4) is 0 Å². The fourth-order valence-corrected chi connectivity index (χ4v) is 1.90. The summed E-state index contributed by atoms with van der Waals surface area (Å²) in [4.78, 5) is 16.1. The van der Waals surface area contributed by atoms with Crippen molar-refractivity contribution in [3.63, 3.8) is 0 Å². The second-order valence-corrected chi connectivity index (χ2v) is 4.29. The lowest BCUT2D eigenvalue weighted by molar-refractivity contribution is 0.0992. The first-order valence-corrected chi connectivity index (χ1v) is 5.51. The van der Waals surface area contributed by atoms with Gasteiger partial charge in [0.2, 0.25) is 0 Å². The van der Waals surface area contributed by atoms with E-state index in [1.54, 1.807) is 5.51 Å². The Balaban J connectivity index is 2.26. The van der Waals surface area contributed by atoms with Gasteiger partial charge in [-0.15, -0.1) is 11.3 Å². The number of nitrogens with zero attached hydrogens (tertiary/aromatic N) is 1. The molecule has 0 saturated heterocycles. The van der Waals surface area contributed by atoms with Gasteiger partial charge < -0.3 is 0 Å². The lowest BCUT2D eigenvalue weighted by Gasteiger charge is -2.01. The first-order chi connectivity index (χ1) is 8.08. The summed E-state index contributed by atoms with van der Waals surface area (Å²) >= 11 is 1.26. The molecule has 0 N–H and O–H groups in total. The van der Waals surface area contributed by atoms with Crippen molar-refractivity contribution >= 4 is 17.1 Å². The molecule has 17 heavy (non-hydrogen) atoms. The zero-order valence-electron chi connectivity index (χ0n) is 8.41. The number of ketones is 1. The summed E-state index contributed by atoms with van der Waals surface area (Å²) in [6, 6.07) is 1.39. The molecule has 0 amide bonds. The molecule has 0 bridgehead atoms. The van der Waals surface area contributed by atoms with Crippen LogP contribution in [0.5, 0.6) is 0 Å². The van der Waals surface area contributed by atoms with E-state index in [0.717, 1.165) is 0 Å². The van der Waals surface area contributed by atoms with Crippen LogP contribution in [0.2, 0.25) is 0 Å². The van der Waals surface area contributed by atoms with E-state index in [2.05, 4.69) is 4.98 Å². The highest BCUT2D eigenvalue weighted by Crippen LogP contribution is 2.16. The first kappa shape index (κ1) is 11.8. The van der Waals surface area contributed by atoms with Gasteiger partial charge in [-0.2, -0.15) is 0 Å². The molecule has 0 radical (unpaired) electrons. The topological polar surface area (TPSA) is 30.0 Å². The van der Waals surface area contributed by atoms with E-state index < -0.39 is 23.2 Å². The summed E-state index contributed by atoms with van der Waals surface area (Å²) in [7, 11) is 0. The molecule has 88 valence electrons. The first-order valence-electron chi connectivity index (χ1n) is 4.63. The van der Waals surface area contributed by atoms with Crippen LogP contribution in [0.25, 0.3) is 0 Å². The number of carbonyl (C=O) groups excluding carboxylic acids is 1. The number of thiazole rings is 1. The van der Waals surface area contributed by atoms with Crippen molar-refractivity contribution in [1.29, 1.82) is 0 Å². The highest BCUT2D eigenvalue weighted by atomic mass is 32.1. The molecule has 1 aromatic heterocycles. The molecule has 0 atom stereocenters. The standard InChI is InChI=1S/C11H6F3NOS/c12-8-1-6(2-9(13)11(8)14)10(16)3-7-4-15-5-17-7/h1-2,4-5H,3H2. The van der Waals surface area contributed by atoms with Crippen molar-refractivity contribution in [1.82, 2.24) is 4.98 Å².